The summed E-state index contributed by atoms with van der Waals surface area (Å²) in [4.78, 5) is 38.6. The molecule has 6 heteroatoms. The summed E-state index contributed by atoms with van der Waals surface area (Å²) in [5, 5.41) is 0. The number of carbonyl (C=O) groups is 3. The summed E-state index contributed by atoms with van der Waals surface area (Å²) in [6.07, 6.45) is 4.96. The van der Waals surface area contributed by atoms with Gasteiger partial charge in [0.05, 0.1) is 38.2 Å². The number of allylic oxidation sites excluding steroid dienone is 2. The average molecular weight is 329 g/mol. The van der Waals surface area contributed by atoms with E-state index < -0.39 is 0 Å². The maximum absolute atomic E-state index is 12.6. The zero-order chi connectivity index (χ0) is 17.3. The van der Waals surface area contributed by atoms with E-state index in [1.807, 2.05) is 12.2 Å². The number of ether oxygens (including phenoxy) is 2. The lowest BCUT2D eigenvalue weighted by molar-refractivity contribution is -0.139. The van der Waals surface area contributed by atoms with Gasteiger partial charge in [-0.3, -0.25) is 19.3 Å². The van der Waals surface area contributed by atoms with Gasteiger partial charge in [-0.2, -0.15) is 0 Å². The molecule has 0 radical (unpaired) electrons. The summed E-state index contributed by atoms with van der Waals surface area (Å²) in [6.45, 7) is -0.257. The summed E-state index contributed by atoms with van der Waals surface area (Å²) in [5.41, 5.74) is 0.326. The van der Waals surface area contributed by atoms with Crippen molar-refractivity contribution in [1.29, 1.82) is 0 Å². The number of amides is 2. The van der Waals surface area contributed by atoms with E-state index in [1.165, 1.54) is 14.2 Å². The minimum Gasteiger partial charge on any atom is -0.497 e. The SMILES string of the molecule is COc1ccc(C(=O)CN2C(=O)[C@H]3CC=CC[C@@H]3C2=O)c(OC)c1. The number of ketones is 1. The smallest absolute Gasteiger partial charge is 0.233 e. The Hall–Kier alpha value is -2.63. The van der Waals surface area contributed by atoms with Crippen molar-refractivity contribution in [3.63, 3.8) is 0 Å². The molecule has 1 fully saturated rings. The van der Waals surface area contributed by atoms with Crippen LogP contribution in [0.4, 0.5) is 0 Å². The van der Waals surface area contributed by atoms with Gasteiger partial charge < -0.3 is 9.47 Å². The predicted molar refractivity (Wildman–Crippen MR) is 86.0 cm³/mol. The Morgan fingerprint density at radius 1 is 1.08 bits per heavy atom. The largest absolute Gasteiger partial charge is 0.497 e. The number of carbonyl (C=O) groups excluding carboxylic acids is 3. The molecule has 24 heavy (non-hydrogen) atoms. The molecular formula is C18H19NO5. The number of rotatable bonds is 5. The highest BCUT2D eigenvalue weighted by Crippen LogP contribution is 2.35. The Morgan fingerprint density at radius 2 is 1.71 bits per heavy atom. The van der Waals surface area contributed by atoms with Gasteiger partial charge in [0.25, 0.3) is 0 Å². The zero-order valence-electron chi connectivity index (χ0n) is 13.7. The first kappa shape index (κ1) is 16.2. The molecule has 1 aromatic carbocycles. The number of imide groups is 1. The molecule has 0 spiro atoms. The van der Waals surface area contributed by atoms with E-state index >= 15 is 0 Å². The molecule has 0 unspecified atom stereocenters. The minimum atomic E-state index is -0.331. The first-order valence-electron chi connectivity index (χ1n) is 7.82. The summed E-state index contributed by atoms with van der Waals surface area (Å²) in [5.74, 6) is -0.569. The fourth-order valence-corrected chi connectivity index (χ4v) is 3.28. The molecular weight excluding hydrogens is 310 g/mol. The second-order valence-electron chi connectivity index (χ2n) is 5.91. The normalized spacial score (nSPS) is 22.5. The molecule has 2 atom stereocenters. The van der Waals surface area contributed by atoms with Crippen molar-refractivity contribution < 1.29 is 23.9 Å². The summed E-state index contributed by atoms with van der Waals surface area (Å²) in [7, 11) is 2.98. The van der Waals surface area contributed by atoms with Crippen molar-refractivity contribution in [3.8, 4) is 11.5 Å². The highest BCUT2D eigenvalue weighted by Gasteiger charge is 2.47. The van der Waals surface area contributed by atoms with Gasteiger partial charge in [-0.15, -0.1) is 0 Å². The van der Waals surface area contributed by atoms with E-state index in [0.29, 0.717) is 29.9 Å². The van der Waals surface area contributed by atoms with Crippen molar-refractivity contribution in [2.75, 3.05) is 20.8 Å². The number of fused-ring (bicyclic) bond motifs is 1. The van der Waals surface area contributed by atoms with Gasteiger partial charge in [0.15, 0.2) is 5.78 Å². The second kappa shape index (κ2) is 6.47. The van der Waals surface area contributed by atoms with Crippen LogP contribution in [-0.4, -0.2) is 43.3 Å². The van der Waals surface area contributed by atoms with E-state index in [0.717, 1.165) is 4.90 Å². The van der Waals surface area contributed by atoms with Gasteiger partial charge in [-0.05, 0) is 25.0 Å². The monoisotopic (exact) mass is 329 g/mol. The molecule has 1 aliphatic heterocycles. The van der Waals surface area contributed by atoms with Gasteiger partial charge >= 0.3 is 0 Å². The Morgan fingerprint density at radius 3 is 2.25 bits per heavy atom. The molecule has 1 heterocycles. The van der Waals surface area contributed by atoms with Crippen LogP contribution in [0.15, 0.2) is 30.4 Å². The van der Waals surface area contributed by atoms with Crippen molar-refractivity contribution in [1.82, 2.24) is 4.90 Å². The molecule has 126 valence electrons. The average Bonchev–Trinajstić information content (AvgIpc) is 2.86. The third-order valence-corrected chi connectivity index (χ3v) is 4.61. The Balaban J connectivity index is 1.80. The quantitative estimate of drug-likeness (QED) is 0.468. The van der Waals surface area contributed by atoms with Crippen molar-refractivity contribution >= 4 is 17.6 Å². The first-order chi connectivity index (χ1) is 11.6. The fraction of sp³-hybridized carbons (Fsp3) is 0.389. The molecule has 3 rings (SSSR count). The Kier molecular flexibility index (Phi) is 4.38. The van der Waals surface area contributed by atoms with Crippen LogP contribution in [0.5, 0.6) is 11.5 Å². The summed E-state index contributed by atoms with van der Waals surface area (Å²) >= 11 is 0. The number of methoxy groups -OCH3 is 2. The fourth-order valence-electron chi connectivity index (χ4n) is 3.28. The highest BCUT2D eigenvalue weighted by molar-refractivity contribution is 6.10. The molecule has 0 aromatic heterocycles. The van der Waals surface area contributed by atoms with Crippen molar-refractivity contribution in [3.05, 3.63) is 35.9 Å². The van der Waals surface area contributed by atoms with Gasteiger partial charge in [0, 0.05) is 6.07 Å². The number of hydrogen-bond acceptors (Lipinski definition) is 5. The van der Waals surface area contributed by atoms with Crippen molar-refractivity contribution in [2.45, 2.75) is 12.8 Å². The maximum atomic E-state index is 12.6. The van der Waals surface area contributed by atoms with Gasteiger partial charge in [0.2, 0.25) is 11.8 Å². The van der Waals surface area contributed by atoms with Crippen LogP contribution in [0.2, 0.25) is 0 Å². The Labute approximate surface area is 140 Å². The van der Waals surface area contributed by atoms with Crippen LogP contribution in [0.25, 0.3) is 0 Å². The lowest BCUT2D eigenvalue weighted by atomic mass is 9.85. The standard InChI is InChI=1S/C18H19NO5/c1-23-11-7-8-14(16(9-11)24-2)15(20)10-19-17(21)12-5-3-4-6-13(12)18(19)22/h3-4,7-9,12-13H,5-6,10H2,1-2H3/t12-,13-/m0/s1. The van der Waals surface area contributed by atoms with Crippen LogP contribution in [0, 0.1) is 11.8 Å². The molecule has 0 saturated carbocycles. The van der Waals surface area contributed by atoms with Crippen LogP contribution in [0.3, 0.4) is 0 Å². The molecule has 2 aliphatic rings. The van der Waals surface area contributed by atoms with Crippen LogP contribution in [0.1, 0.15) is 23.2 Å². The molecule has 2 amide bonds. The lowest BCUT2D eigenvalue weighted by Crippen LogP contribution is -2.36. The van der Waals surface area contributed by atoms with E-state index in [9.17, 15) is 14.4 Å². The van der Waals surface area contributed by atoms with E-state index in [2.05, 4.69) is 0 Å². The number of hydrogen-bond donors (Lipinski definition) is 0. The van der Waals surface area contributed by atoms with Crippen LogP contribution < -0.4 is 9.47 Å². The summed E-state index contributed by atoms with van der Waals surface area (Å²) < 4.78 is 10.3. The molecule has 6 nitrogen and oxygen atoms in total. The number of nitrogens with zero attached hydrogens (tertiary/aromatic N) is 1. The van der Waals surface area contributed by atoms with Crippen molar-refractivity contribution in [2.24, 2.45) is 11.8 Å². The van der Waals surface area contributed by atoms with Gasteiger partial charge in [0.1, 0.15) is 11.5 Å². The highest BCUT2D eigenvalue weighted by atomic mass is 16.5. The first-order valence-corrected chi connectivity index (χ1v) is 7.82. The third-order valence-electron chi connectivity index (χ3n) is 4.61. The lowest BCUT2D eigenvalue weighted by Gasteiger charge is -2.15. The van der Waals surface area contributed by atoms with E-state index in [-0.39, 0.29) is 36.0 Å². The predicted octanol–water partition coefficient (Wildman–Crippen LogP) is 1.84. The third kappa shape index (κ3) is 2.68. The van der Waals surface area contributed by atoms with Crippen LogP contribution in [-0.2, 0) is 9.59 Å². The number of Topliss-reactive ketones (excluding diaryl/α,β-unsaturated/α-hetero) is 1. The molecule has 0 N–H and O–H groups in total. The maximum Gasteiger partial charge on any atom is 0.233 e. The molecule has 1 aliphatic carbocycles. The van der Waals surface area contributed by atoms with E-state index in [4.69, 9.17) is 9.47 Å². The minimum absolute atomic E-state index is 0.254. The topological polar surface area (TPSA) is 72.9 Å². The number of likely N-dealkylation sites (tertiary alicyclic amines) is 1. The Bertz CT molecular complexity index is 698. The summed E-state index contributed by atoms with van der Waals surface area (Å²) in [6, 6.07) is 4.83. The van der Waals surface area contributed by atoms with Crippen LogP contribution >= 0.6 is 0 Å². The zero-order valence-corrected chi connectivity index (χ0v) is 13.7. The van der Waals surface area contributed by atoms with E-state index in [1.54, 1.807) is 18.2 Å². The molecule has 0 bridgehead atoms. The molecule has 1 aromatic rings. The van der Waals surface area contributed by atoms with Gasteiger partial charge in [-0.1, -0.05) is 12.2 Å². The van der Waals surface area contributed by atoms with Gasteiger partial charge in [-0.25, -0.2) is 0 Å². The molecule has 1 saturated heterocycles. The number of benzene rings is 1. The second-order valence-corrected chi connectivity index (χ2v) is 5.91.